The summed E-state index contributed by atoms with van der Waals surface area (Å²) in [5.74, 6) is -0.508. The molecule has 0 radical (unpaired) electrons. The van der Waals surface area contributed by atoms with E-state index in [4.69, 9.17) is 9.15 Å². The second-order valence-electron chi connectivity index (χ2n) is 11.6. The fraction of sp³-hybridized carbons (Fsp3) is 0.226. The number of aryl methyl sites for hydroxylation is 1. The zero-order valence-electron chi connectivity index (χ0n) is 23.7. The predicted molar refractivity (Wildman–Crippen MR) is 165 cm³/mol. The molecule has 0 unspecified atom stereocenters. The third-order valence-electron chi connectivity index (χ3n) is 7.30. The van der Waals surface area contributed by atoms with Crippen molar-refractivity contribution in [3.8, 4) is 11.3 Å². The summed E-state index contributed by atoms with van der Waals surface area (Å²) in [5.41, 5.74) is 1.95. The van der Waals surface area contributed by atoms with Crippen molar-refractivity contribution in [3.63, 3.8) is 0 Å². The van der Waals surface area contributed by atoms with Crippen molar-refractivity contribution in [2.24, 2.45) is 0 Å². The maximum Gasteiger partial charge on any atom is 0.345 e. The van der Waals surface area contributed by atoms with Crippen LogP contribution in [0.4, 0.5) is 4.39 Å². The highest BCUT2D eigenvalue weighted by Gasteiger charge is 2.24. The summed E-state index contributed by atoms with van der Waals surface area (Å²) in [6.45, 7) is 9.06. The van der Waals surface area contributed by atoms with Gasteiger partial charge in [-0.3, -0.25) is 0 Å². The molecule has 0 bridgehead atoms. The van der Waals surface area contributed by atoms with Crippen LogP contribution in [0.5, 0.6) is 0 Å². The van der Waals surface area contributed by atoms with Crippen molar-refractivity contribution in [1.82, 2.24) is 13.5 Å². The molecule has 0 N–H and O–H groups in total. The molecule has 42 heavy (non-hydrogen) atoms. The molecule has 0 amide bonds. The number of hydrogen-bond donors (Lipinski definition) is 0. The molecule has 4 aromatic heterocycles. The van der Waals surface area contributed by atoms with Crippen LogP contribution in [0.25, 0.3) is 44.2 Å². The average molecular weight is 604 g/mol. The Hall–Kier alpha value is -4.06. The number of ether oxygens (including phenoxy) is 1. The van der Waals surface area contributed by atoms with Crippen LogP contribution in [-0.2, 0) is 21.5 Å². The minimum absolute atomic E-state index is 0.0576. The molecule has 8 nitrogen and oxygen atoms in total. The Kier molecular flexibility index (Phi) is 6.91. The van der Waals surface area contributed by atoms with Gasteiger partial charge in [-0.1, -0.05) is 37.8 Å². The van der Waals surface area contributed by atoms with Crippen LogP contribution < -0.4 is 5.63 Å². The van der Waals surface area contributed by atoms with Gasteiger partial charge < -0.3 is 13.7 Å². The lowest BCUT2D eigenvalue weighted by Gasteiger charge is -2.17. The van der Waals surface area contributed by atoms with Crippen molar-refractivity contribution < 1.29 is 22.0 Å². The molecule has 11 heteroatoms. The van der Waals surface area contributed by atoms with Gasteiger partial charge in [0.2, 0.25) is 0 Å². The molecular formula is C31H30FN3O5SSi. The molecule has 0 aliphatic carbocycles. The normalized spacial score (nSPS) is 12.6. The van der Waals surface area contributed by atoms with E-state index in [0.29, 0.717) is 34.3 Å². The minimum Gasteiger partial charge on any atom is -0.422 e. The van der Waals surface area contributed by atoms with Gasteiger partial charge in [0.15, 0.2) is 5.65 Å². The number of fused-ring (bicyclic) bond motifs is 4. The smallest absolute Gasteiger partial charge is 0.345 e. The lowest BCUT2D eigenvalue weighted by Crippen LogP contribution is -2.22. The number of rotatable bonds is 8. The van der Waals surface area contributed by atoms with E-state index in [2.05, 4.69) is 24.6 Å². The quantitative estimate of drug-likeness (QED) is 0.108. The van der Waals surface area contributed by atoms with Gasteiger partial charge in [-0.25, -0.2) is 26.6 Å². The molecule has 0 saturated carbocycles. The summed E-state index contributed by atoms with van der Waals surface area (Å²) in [4.78, 5) is 17.7. The first-order chi connectivity index (χ1) is 20.0. The number of aromatic nitrogens is 3. The molecule has 0 fully saturated rings. The number of hydrogen-bond acceptors (Lipinski definition) is 6. The van der Waals surface area contributed by atoms with Crippen LogP contribution in [0.1, 0.15) is 5.56 Å². The summed E-state index contributed by atoms with van der Waals surface area (Å²) >= 11 is 0. The number of halogens is 1. The average Bonchev–Trinajstić information content (AvgIpc) is 3.54. The molecule has 6 rings (SSSR count). The van der Waals surface area contributed by atoms with Gasteiger partial charge in [0, 0.05) is 38.0 Å². The van der Waals surface area contributed by atoms with Gasteiger partial charge in [0.1, 0.15) is 18.1 Å². The molecule has 0 spiro atoms. The minimum atomic E-state index is -3.92. The van der Waals surface area contributed by atoms with Crippen LogP contribution in [-0.4, -0.2) is 36.6 Å². The summed E-state index contributed by atoms with van der Waals surface area (Å²) in [7, 11) is -5.31. The first-order valence-corrected chi connectivity index (χ1v) is 18.7. The van der Waals surface area contributed by atoms with Gasteiger partial charge >= 0.3 is 5.63 Å². The molecule has 216 valence electrons. The molecule has 4 heterocycles. The molecule has 2 aromatic carbocycles. The van der Waals surface area contributed by atoms with Crippen molar-refractivity contribution in [3.05, 3.63) is 94.9 Å². The Morgan fingerprint density at radius 2 is 1.79 bits per heavy atom. The van der Waals surface area contributed by atoms with Crippen molar-refractivity contribution >= 4 is 51.0 Å². The van der Waals surface area contributed by atoms with E-state index >= 15 is 4.39 Å². The first kappa shape index (κ1) is 28.1. The standard InChI is InChI=1S/C31H30FN3O5SSi/c1-20-16-25(32)28-27(17-20)40-31(36)24-18-26(34(29(24)28)19-39-14-15-42(2,3)4)22-10-12-33-30-23(22)11-13-35(30)41(37,38)21-8-6-5-7-9-21/h5-13,16-18H,14-15,19H2,1-4H3. The van der Waals surface area contributed by atoms with Gasteiger partial charge in [-0.2, -0.15) is 0 Å². The van der Waals surface area contributed by atoms with E-state index in [-0.39, 0.29) is 33.6 Å². The zero-order chi connectivity index (χ0) is 29.8. The highest BCUT2D eigenvalue weighted by atomic mass is 32.2. The third kappa shape index (κ3) is 4.87. The molecule has 6 aromatic rings. The monoisotopic (exact) mass is 603 g/mol. The van der Waals surface area contributed by atoms with Crippen LogP contribution in [0.15, 0.2) is 87.2 Å². The molecule has 0 aliphatic heterocycles. The van der Waals surface area contributed by atoms with Crippen LogP contribution in [0.3, 0.4) is 0 Å². The second kappa shape index (κ2) is 10.3. The summed E-state index contributed by atoms with van der Waals surface area (Å²) in [6.07, 6.45) is 2.99. The van der Waals surface area contributed by atoms with E-state index in [1.165, 1.54) is 30.6 Å². The van der Waals surface area contributed by atoms with E-state index in [9.17, 15) is 13.2 Å². The molecule has 0 saturated heterocycles. The predicted octanol–water partition coefficient (Wildman–Crippen LogP) is 6.76. The topological polar surface area (TPSA) is 96.3 Å². The summed E-state index contributed by atoms with van der Waals surface area (Å²) in [6, 6.07) is 17.2. The highest BCUT2D eigenvalue weighted by Crippen LogP contribution is 2.36. The molecule has 0 aliphatic rings. The number of pyridine rings is 1. The van der Waals surface area contributed by atoms with Gasteiger partial charge in [-0.15, -0.1) is 0 Å². The highest BCUT2D eigenvalue weighted by molar-refractivity contribution is 7.90. The van der Waals surface area contributed by atoms with E-state index in [1.54, 1.807) is 54.0 Å². The van der Waals surface area contributed by atoms with E-state index in [0.717, 1.165) is 10.0 Å². The fourth-order valence-electron chi connectivity index (χ4n) is 5.18. The van der Waals surface area contributed by atoms with Crippen molar-refractivity contribution in [1.29, 1.82) is 0 Å². The maximum atomic E-state index is 15.5. The third-order valence-corrected chi connectivity index (χ3v) is 10.7. The van der Waals surface area contributed by atoms with Gasteiger partial charge in [0.25, 0.3) is 10.0 Å². The lowest BCUT2D eigenvalue weighted by molar-refractivity contribution is 0.0914. The fourth-order valence-corrected chi connectivity index (χ4v) is 7.26. The Bertz CT molecular complexity index is 2150. The van der Waals surface area contributed by atoms with E-state index < -0.39 is 29.5 Å². The largest absolute Gasteiger partial charge is 0.422 e. The van der Waals surface area contributed by atoms with Crippen LogP contribution in [0.2, 0.25) is 25.7 Å². The van der Waals surface area contributed by atoms with Gasteiger partial charge in [0.05, 0.1) is 26.9 Å². The molecular weight excluding hydrogens is 574 g/mol. The Morgan fingerprint density at radius 1 is 1.02 bits per heavy atom. The van der Waals surface area contributed by atoms with Crippen LogP contribution >= 0.6 is 0 Å². The summed E-state index contributed by atoms with van der Waals surface area (Å²) < 4.78 is 57.1. The SMILES string of the molecule is Cc1cc(F)c2c(c1)oc(=O)c1cc(-c3ccnc4c3ccn4S(=O)(=O)c3ccccc3)n(COCC[Si](C)(C)C)c12. The lowest BCUT2D eigenvalue weighted by atomic mass is 10.1. The van der Waals surface area contributed by atoms with E-state index in [1.807, 2.05) is 0 Å². The summed E-state index contributed by atoms with van der Waals surface area (Å²) in [5, 5.41) is 0.938. The molecule has 0 atom stereocenters. The Labute approximate surface area is 243 Å². The maximum absolute atomic E-state index is 15.5. The Balaban J connectivity index is 1.59. The van der Waals surface area contributed by atoms with Gasteiger partial charge in [-0.05, 0) is 61.0 Å². The second-order valence-corrected chi connectivity index (χ2v) is 19.0. The van der Waals surface area contributed by atoms with Crippen molar-refractivity contribution in [2.75, 3.05) is 6.61 Å². The van der Waals surface area contributed by atoms with Crippen LogP contribution in [0, 0.1) is 12.7 Å². The Morgan fingerprint density at radius 3 is 2.52 bits per heavy atom. The number of benzene rings is 2. The number of nitrogens with zero attached hydrogens (tertiary/aromatic N) is 3. The zero-order valence-corrected chi connectivity index (χ0v) is 25.5. The van der Waals surface area contributed by atoms with Crippen molar-refractivity contribution in [2.45, 2.75) is 44.2 Å². The first-order valence-electron chi connectivity index (χ1n) is 13.6.